The molecular weight excluding hydrogens is 1110 g/mol. The van der Waals surface area contributed by atoms with Crippen molar-refractivity contribution in [2.24, 2.45) is 60.8 Å². The first-order valence-electron chi connectivity index (χ1n) is 23.5. The van der Waals surface area contributed by atoms with Crippen molar-refractivity contribution >= 4 is 186 Å². The lowest BCUT2D eigenvalue weighted by atomic mass is 9.46. The molecule has 2 aliphatic carbocycles. The number of methoxy groups -OCH3 is 4. The highest BCUT2D eigenvalue weighted by atomic mass is 32.2. The Kier molecular flexibility index (Phi) is 15.1. The fraction of sp³-hybridized carbons (Fsp3) is 0.596. The van der Waals surface area contributed by atoms with Crippen molar-refractivity contribution in [3.8, 4) is 0 Å². The molecule has 0 aromatic rings. The molecule has 0 saturated carbocycles. The van der Waals surface area contributed by atoms with Gasteiger partial charge in [0.05, 0.1) is 14.2 Å². The molecule has 380 valence electrons. The van der Waals surface area contributed by atoms with Crippen LogP contribution in [0, 0.1) is 10.8 Å². The van der Waals surface area contributed by atoms with Crippen LogP contribution in [-0.2, 0) is 23.7 Å². The second-order valence-electron chi connectivity index (χ2n) is 17.5. The number of rotatable bonds is 16. The fourth-order valence-electron chi connectivity index (χ4n) is 12.5. The number of carbonyl (C=O) groups is 1. The number of carbonyl (C=O) groups excluding carboxylic acids is 1. The van der Waals surface area contributed by atoms with E-state index >= 15 is 4.79 Å². The molecule has 15 nitrogen and oxygen atoms in total. The van der Waals surface area contributed by atoms with Gasteiger partial charge in [-0.25, -0.2) is 0 Å². The van der Waals surface area contributed by atoms with E-state index in [1.165, 1.54) is 0 Å². The Morgan fingerprint density at radius 3 is 0.889 bits per heavy atom. The molecule has 12 aliphatic rings. The molecule has 0 N–H and O–H groups in total. The lowest BCUT2D eigenvalue weighted by Gasteiger charge is -2.64. The molecule has 10 aliphatic heterocycles. The summed E-state index contributed by atoms with van der Waals surface area (Å²) in [5, 5.41) is -5.93. The maximum Gasteiger partial charge on any atom is 0.166 e. The van der Waals surface area contributed by atoms with Gasteiger partial charge in [-0.2, -0.15) is 0 Å². The predicted molar refractivity (Wildman–Crippen MR) is 319 cm³/mol. The molecule has 0 amide bonds. The smallest absolute Gasteiger partial charge is 0.166 e. The second-order valence-corrected chi connectivity index (χ2v) is 28.7. The molecule has 10 heterocycles. The van der Waals surface area contributed by atoms with Crippen LogP contribution in [0.4, 0.5) is 0 Å². The first-order valence-corrected chi connectivity index (χ1v) is 34.0. The van der Waals surface area contributed by atoms with Gasteiger partial charge in [0, 0.05) is 167 Å². The Balaban J connectivity index is 1.32. The summed E-state index contributed by atoms with van der Waals surface area (Å²) >= 11 is 16.8. The summed E-state index contributed by atoms with van der Waals surface area (Å²) in [6, 6.07) is 0. The maximum absolute atomic E-state index is 19.7. The quantitative estimate of drug-likeness (QED) is 0.152. The Morgan fingerprint density at radius 1 is 0.375 bits per heavy atom. The van der Waals surface area contributed by atoms with Crippen LogP contribution >= 0.6 is 118 Å². The molecule has 0 saturated heterocycles. The molecule has 0 aromatic heterocycles. The first kappa shape index (κ1) is 51.1. The van der Waals surface area contributed by atoms with Crippen molar-refractivity contribution < 1.29 is 23.7 Å². The standard InChI is InChI=1S/C47H52N10O5S10/c1-59-31-25(33-48-5-15-63-33)27(35-50-7-17-65-35)46(61-3,42-56-13-23-71-42)44(40-54-11-21-69-40,29(31)37-52-9-19-67-37)39(58)45(41-55-12-22-70-41)30(38-53-10-20-68-38)32(60-2)26(34-49-6-16-64-34)28(36-51-8-18-66-36)47(45,62-4)43-57-14-24-72-43/h5-14,33-38,40-43H,15-24H2,1-4H3. The van der Waals surface area contributed by atoms with Crippen molar-refractivity contribution in [1.82, 2.24) is 0 Å². The average molecular weight is 1160 g/mol. The number of nitrogens with zero attached hydrogens (tertiary/aromatic N) is 10. The highest BCUT2D eigenvalue weighted by molar-refractivity contribution is 8.03. The van der Waals surface area contributed by atoms with E-state index < -0.39 is 75.8 Å². The van der Waals surface area contributed by atoms with Crippen LogP contribution in [0.25, 0.3) is 0 Å². The number of ether oxygens (including phenoxy) is 4. The minimum atomic E-state index is -1.81. The number of ketones is 1. The Hall–Kier alpha value is -1.65. The van der Waals surface area contributed by atoms with Crippen molar-refractivity contribution in [3.63, 3.8) is 0 Å². The molecule has 0 bridgehead atoms. The van der Waals surface area contributed by atoms with E-state index in [9.17, 15) is 0 Å². The molecule has 14 atom stereocenters. The maximum atomic E-state index is 19.7. The van der Waals surface area contributed by atoms with Crippen LogP contribution in [0.5, 0.6) is 0 Å². The van der Waals surface area contributed by atoms with Gasteiger partial charge >= 0.3 is 0 Å². The molecule has 12 rings (SSSR count). The third kappa shape index (κ3) is 7.42. The number of aliphatic imine (C=N–C) groups is 10. The predicted octanol–water partition coefficient (Wildman–Crippen LogP) is 7.16. The third-order valence-electron chi connectivity index (χ3n) is 14.8. The average Bonchev–Trinajstić information content (AvgIpc) is 4.26. The van der Waals surface area contributed by atoms with E-state index in [4.69, 9.17) is 68.9 Å². The van der Waals surface area contributed by atoms with Crippen LogP contribution < -0.4 is 0 Å². The van der Waals surface area contributed by atoms with Gasteiger partial charge in [-0.05, 0) is 0 Å². The summed E-state index contributed by atoms with van der Waals surface area (Å²) in [6.07, 6.45) is 19.7. The van der Waals surface area contributed by atoms with Gasteiger partial charge in [-0.3, -0.25) is 54.7 Å². The van der Waals surface area contributed by atoms with Crippen LogP contribution in [-0.4, -0.2) is 219 Å². The van der Waals surface area contributed by atoms with Gasteiger partial charge < -0.3 is 18.9 Å². The summed E-state index contributed by atoms with van der Waals surface area (Å²) in [6.45, 7) is 0. The number of thioether (sulfide) groups is 10. The van der Waals surface area contributed by atoms with Crippen LogP contribution in [0.3, 0.4) is 0 Å². The monoisotopic (exact) mass is 1160 g/mol. The minimum Gasteiger partial charge on any atom is -0.496 e. The van der Waals surface area contributed by atoms with Gasteiger partial charge in [0.15, 0.2) is 5.78 Å². The van der Waals surface area contributed by atoms with Gasteiger partial charge in [-0.1, -0.05) is 0 Å². The van der Waals surface area contributed by atoms with Gasteiger partial charge in [0.1, 0.15) is 87.3 Å². The zero-order chi connectivity index (χ0) is 49.1. The number of hydrogen-bond acceptors (Lipinski definition) is 25. The SMILES string of the molecule is COC1=C(C2N=CCS2)C(C(=O)C2(C3N=CCS3)C(C3N=CCS3)=C(OC)C(C3N=CCS3)=C(C3N=CCS3)C2(OC)C2N=CCS2)(C2N=CCS2)C(OC)(C2N=CCS2)C(C2N=CCS2)=C1C1N=CCS1. The van der Waals surface area contributed by atoms with Gasteiger partial charge in [0.2, 0.25) is 0 Å². The fourth-order valence-corrected chi connectivity index (χ4v) is 23.0. The summed E-state index contributed by atoms with van der Waals surface area (Å²) in [7, 11) is 6.98. The lowest BCUT2D eigenvalue weighted by molar-refractivity contribution is -0.169. The molecule has 14 unspecified atom stereocenters. The molecule has 0 spiro atoms. The normalized spacial score (nSPS) is 41.8. The summed E-state index contributed by atoms with van der Waals surface area (Å²) < 4.78 is 29.5. The zero-order valence-corrected chi connectivity index (χ0v) is 47.9. The van der Waals surface area contributed by atoms with Gasteiger partial charge in [-0.15, -0.1) is 118 Å². The third-order valence-corrected chi connectivity index (χ3v) is 25.3. The highest BCUT2D eigenvalue weighted by Gasteiger charge is 2.83. The Morgan fingerprint density at radius 2 is 0.639 bits per heavy atom. The number of Topliss-reactive ketones (excluding diaryl/α,β-unsaturated/α-hetero) is 1. The lowest BCUT2D eigenvalue weighted by Crippen LogP contribution is -2.77. The van der Waals surface area contributed by atoms with Crippen LogP contribution in [0.2, 0.25) is 0 Å². The molecule has 0 aromatic carbocycles. The van der Waals surface area contributed by atoms with Crippen molar-refractivity contribution in [1.29, 1.82) is 0 Å². The van der Waals surface area contributed by atoms with Crippen molar-refractivity contribution in [2.75, 3.05) is 86.0 Å². The van der Waals surface area contributed by atoms with E-state index in [2.05, 4.69) is 0 Å². The topological polar surface area (TPSA) is 178 Å². The van der Waals surface area contributed by atoms with E-state index in [0.29, 0.717) is 80.2 Å². The molecule has 0 fully saturated rings. The molecular formula is C47H52N10O5S10. The Labute approximate surface area is 461 Å². The van der Waals surface area contributed by atoms with E-state index in [1.807, 2.05) is 62.1 Å². The largest absolute Gasteiger partial charge is 0.496 e. The minimum absolute atomic E-state index is 0.200. The number of hydrogen-bond donors (Lipinski definition) is 0. The molecule has 25 heteroatoms. The van der Waals surface area contributed by atoms with Crippen molar-refractivity contribution in [3.05, 3.63) is 45.0 Å². The summed E-state index contributed by atoms with van der Waals surface area (Å²) in [5.41, 5.74) is -2.14. The van der Waals surface area contributed by atoms with Gasteiger partial charge in [0.25, 0.3) is 0 Å². The van der Waals surface area contributed by atoms with E-state index in [-0.39, 0.29) is 5.78 Å². The van der Waals surface area contributed by atoms with E-state index in [0.717, 1.165) is 22.3 Å². The van der Waals surface area contributed by atoms with Crippen molar-refractivity contribution in [2.45, 2.75) is 64.9 Å². The molecule has 0 radical (unpaired) electrons. The highest BCUT2D eigenvalue weighted by Crippen LogP contribution is 2.74. The zero-order valence-electron chi connectivity index (χ0n) is 39.7. The second kappa shape index (κ2) is 21.3. The first-order chi connectivity index (χ1) is 35.5. The Bertz CT molecular complexity index is 2510. The molecule has 72 heavy (non-hydrogen) atoms. The summed E-state index contributed by atoms with van der Waals surface area (Å²) in [5.74, 6) is 7.26. The van der Waals surface area contributed by atoms with Crippen LogP contribution in [0.1, 0.15) is 0 Å². The van der Waals surface area contributed by atoms with E-state index in [1.54, 1.807) is 146 Å². The van der Waals surface area contributed by atoms with Crippen LogP contribution in [0.15, 0.2) is 94.9 Å². The summed E-state index contributed by atoms with van der Waals surface area (Å²) in [4.78, 5) is 73.5.